The van der Waals surface area contributed by atoms with Crippen LogP contribution < -0.4 is 10.1 Å². The largest absolute Gasteiger partial charge is 0.491 e. The van der Waals surface area contributed by atoms with Crippen LogP contribution in [-0.4, -0.2) is 12.6 Å². The van der Waals surface area contributed by atoms with E-state index < -0.39 is 0 Å². The van der Waals surface area contributed by atoms with Gasteiger partial charge in [0.1, 0.15) is 5.75 Å². The molecule has 0 bridgehead atoms. The third kappa shape index (κ3) is 3.30. The van der Waals surface area contributed by atoms with Gasteiger partial charge in [0, 0.05) is 13.1 Å². The monoisotopic (exact) mass is 259 g/mol. The van der Waals surface area contributed by atoms with Gasteiger partial charge in [-0.1, -0.05) is 12.1 Å². The van der Waals surface area contributed by atoms with Gasteiger partial charge in [0.05, 0.1) is 6.10 Å². The van der Waals surface area contributed by atoms with Crippen LogP contribution in [0.2, 0.25) is 0 Å². The molecular weight excluding hydrogens is 234 g/mol. The maximum atomic E-state index is 5.66. The molecule has 1 aromatic rings. The van der Waals surface area contributed by atoms with Crippen molar-refractivity contribution in [3.05, 3.63) is 29.8 Å². The lowest BCUT2D eigenvalue weighted by Gasteiger charge is -2.15. The van der Waals surface area contributed by atoms with Crippen molar-refractivity contribution >= 4 is 0 Å². The van der Waals surface area contributed by atoms with E-state index in [2.05, 4.69) is 43.4 Å². The van der Waals surface area contributed by atoms with Gasteiger partial charge >= 0.3 is 0 Å². The fourth-order valence-electron chi connectivity index (χ4n) is 3.00. The average Bonchev–Trinajstić information content (AvgIpc) is 3.25. The van der Waals surface area contributed by atoms with E-state index in [-0.39, 0.29) is 6.10 Å². The first-order valence-electron chi connectivity index (χ1n) is 7.64. The zero-order chi connectivity index (χ0) is 13.3. The molecule has 2 nitrogen and oxygen atoms in total. The minimum absolute atomic E-state index is 0.247. The summed E-state index contributed by atoms with van der Waals surface area (Å²) < 4.78 is 5.66. The molecule has 1 N–H and O–H groups in total. The Bertz CT molecular complexity index is 415. The van der Waals surface area contributed by atoms with Crippen molar-refractivity contribution in [3.63, 3.8) is 0 Å². The molecule has 19 heavy (non-hydrogen) atoms. The van der Waals surface area contributed by atoms with Crippen molar-refractivity contribution in [1.29, 1.82) is 0 Å². The Morgan fingerprint density at radius 3 is 2.42 bits per heavy atom. The van der Waals surface area contributed by atoms with Crippen LogP contribution in [0.4, 0.5) is 0 Å². The summed E-state index contributed by atoms with van der Waals surface area (Å²) in [5.41, 5.74) is 2.04. The Morgan fingerprint density at radius 1 is 1.21 bits per heavy atom. The van der Waals surface area contributed by atoms with Crippen LogP contribution in [-0.2, 0) is 6.54 Å². The minimum Gasteiger partial charge on any atom is -0.491 e. The topological polar surface area (TPSA) is 21.3 Å². The first-order chi connectivity index (χ1) is 9.18. The van der Waals surface area contributed by atoms with Crippen molar-refractivity contribution in [2.75, 3.05) is 6.54 Å². The molecule has 2 aliphatic rings. The molecular formula is C17H25NO. The maximum absolute atomic E-state index is 5.66. The molecule has 0 aromatic heterocycles. The second kappa shape index (κ2) is 5.16. The molecule has 2 saturated carbocycles. The van der Waals surface area contributed by atoms with Gasteiger partial charge in [-0.3, -0.25) is 0 Å². The van der Waals surface area contributed by atoms with Gasteiger partial charge in [0.25, 0.3) is 0 Å². The highest BCUT2D eigenvalue weighted by Crippen LogP contribution is 2.60. The molecule has 2 heteroatoms. The van der Waals surface area contributed by atoms with Crippen molar-refractivity contribution in [3.8, 4) is 5.75 Å². The predicted molar refractivity (Wildman–Crippen MR) is 78.3 cm³/mol. The average molecular weight is 259 g/mol. The highest BCUT2D eigenvalue weighted by atomic mass is 16.5. The molecule has 0 radical (unpaired) electrons. The van der Waals surface area contributed by atoms with Crippen molar-refractivity contribution in [2.24, 2.45) is 11.3 Å². The van der Waals surface area contributed by atoms with E-state index >= 15 is 0 Å². The van der Waals surface area contributed by atoms with Crippen LogP contribution in [0.1, 0.15) is 45.1 Å². The van der Waals surface area contributed by atoms with Crippen molar-refractivity contribution < 1.29 is 4.74 Å². The van der Waals surface area contributed by atoms with Crippen LogP contribution in [0.5, 0.6) is 5.75 Å². The number of ether oxygens (including phenoxy) is 1. The Kier molecular flexibility index (Phi) is 3.53. The van der Waals surface area contributed by atoms with Crippen molar-refractivity contribution in [2.45, 2.75) is 52.2 Å². The van der Waals surface area contributed by atoms with E-state index in [0.717, 1.165) is 18.2 Å². The highest BCUT2D eigenvalue weighted by molar-refractivity contribution is 5.27. The summed E-state index contributed by atoms with van der Waals surface area (Å²) in [6, 6.07) is 8.48. The number of hydrogen-bond acceptors (Lipinski definition) is 2. The van der Waals surface area contributed by atoms with E-state index in [1.54, 1.807) is 0 Å². The molecule has 1 aromatic carbocycles. The lowest BCUT2D eigenvalue weighted by atomic mass is 10.0. The van der Waals surface area contributed by atoms with Gasteiger partial charge in [0.2, 0.25) is 0 Å². The van der Waals surface area contributed by atoms with E-state index in [0.29, 0.717) is 5.41 Å². The molecule has 0 aliphatic heterocycles. The first kappa shape index (κ1) is 13.0. The highest BCUT2D eigenvalue weighted by Gasteiger charge is 2.53. The van der Waals surface area contributed by atoms with Crippen LogP contribution in [0.15, 0.2) is 24.3 Å². The number of nitrogens with one attached hydrogen (secondary N) is 1. The van der Waals surface area contributed by atoms with Gasteiger partial charge in [-0.25, -0.2) is 0 Å². The molecule has 3 rings (SSSR count). The van der Waals surface area contributed by atoms with Gasteiger partial charge in [-0.2, -0.15) is 0 Å². The lowest BCUT2D eigenvalue weighted by Crippen LogP contribution is -2.24. The van der Waals surface area contributed by atoms with Crippen LogP contribution >= 0.6 is 0 Å². The molecule has 0 heterocycles. The number of benzene rings is 1. The number of hydrogen-bond donors (Lipinski definition) is 1. The molecule has 104 valence electrons. The quantitative estimate of drug-likeness (QED) is 0.805. The summed E-state index contributed by atoms with van der Waals surface area (Å²) in [4.78, 5) is 0. The summed E-state index contributed by atoms with van der Waals surface area (Å²) >= 11 is 0. The summed E-state index contributed by atoms with van der Waals surface area (Å²) in [5, 5.41) is 3.65. The summed E-state index contributed by atoms with van der Waals surface area (Å²) in [6.45, 7) is 6.31. The smallest absolute Gasteiger partial charge is 0.119 e. The lowest BCUT2D eigenvalue weighted by molar-refractivity contribution is 0.242. The third-order valence-electron chi connectivity index (χ3n) is 4.44. The molecule has 0 amide bonds. The standard InChI is InChI=1S/C17H25NO/c1-13(2)19-16-7-3-14(4-8-16)11-18-12-17(9-10-17)15-5-6-15/h3-4,7-8,13,15,18H,5-6,9-12H2,1-2H3. The van der Waals surface area contributed by atoms with Crippen LogP contribution in [0.3, 0.4) is 0 Å². The van der Waals surface area contributed by atoms with E-state index in [1.165, 1.54) is 37.8 Å². The Labute approximate surface area is 116 Å². The summed E-state index contributed by atoms with van der Waals surface area (Å²) in [5.74, 6) is 2.01. The molecule has 0 saturated heterocycles. The van der Waals surface area contributed by atoms with Crippen LogP contribution in [0, 0.1) is 11.3 Å². The minimum atomic E-state index is 0.247. The van der Waals surface area contributed by atoms with E-state index in [9.17, 15) is 0 Å². The second-order valence-electron chi connectivity index (χ2n) is 6.55. The van der Waals surface area contributed by atoms with E-state index in [1.807, 2.05) is 0 Å². The van der Waals surface area contributed by atoms with E-state index in [4.69, 9.17) is 4.74 Å². The molecule has 0 unspecified atom stereocenters. The fraction of sp³-hybridized carbons (Fsp3) is 0.647. The molecule has 0 spiro atoms. The van der Waals surface area contributed by atoms with Gasteiger partial charge in [0.15, 0.2) is 0 Å². The summed E-state index contributed by atoms with van der Waals surface area (Å²) in [7, 11) is 0. The van der Waals surface area contributed by atoms with Crippen LogP contribution in [0.25, 0.3) is 0 Å². The zero-order valence-corrected chi connectivity index (χ0v) is 12.1. The molecule has 2 aliphatic carbocycles. The van der Waals surface area contributed by atoms with Crippen molar-refractivity contribution in [1.82, 2.24) is 5.32 Å². The maximum Gasteiger partial charge on any atom is 0.119 e. The predicted octanol–water partition coefficient (Wildman–Crippen LogP) is 3.75. The zero-order valence-electron chi connectivity index (χ0n) is 12.1. The number of rotatable bonds is 7. The Balaban J connectivity index is 1.45. The fourth-order valence-corrected chi connectivity index (χ4v) is 3.00. The Morgan fingerprint density at radius 2 is 1.89 bits per heavy atom. The third-order valence-corrected chi connectivity index (χ3v) is 4.44. The molecule has 0 atom stereocenters. The van der Waals surface area contributed by atoms with Gasteiger partial charge in [-0.15, -0.1) is 0 Å². The first-order valence-corrected chi connectivity index (χ1v) is 7.64. The summed E-state index contributed by atoms with van der Waals surface area (Å²) in [6.07, 6.45) is 6.10. The normalized spacial score (nSPS) is 20.6. The van der Waals surface area contributed by atoms with Gasteiger partial charge in [-0.05, 0) is 68.6 Å². The second-order valence-corrected chi connectivity index (χ2v) is 6.55. The molecule has 2 fully saturated rings. The van der Waals surface area contributed by atoms with Gasteiger partial charge < -0.3 is 10.1 Å². The Hall–Kier alpha value is -1.02. The SMILES string of the molecule is CC(C)Oc1ccc(CNCC2(C3CC3)CC2)cc1.